The van der Waals surface area contributed by atoms with E-state index in [-0.39, 0.29) is 24.0 Å². The molecule has 1 aromatic heterocycles. The number of rotatable bonds is 9. The van der Waals surface area contributed by atoms with Gasteiger partial charge in [0.05, 0.1) is 18.8 Å². The van der Waals surface area contributed by atoms with Crippen molar-refractivity contribution >= 4 is 22.8 Å². The van der Waals surface area contributed by atoms with Crippen molar-refractivity contribution in [2.24, 2.45) is 5.73 Å². The number of carbonyl (C=O) groups is 2. The monoisotopic (exact) mass is 463 g/mol. The van der Waals surface area contributed by atoms with Gasteiger partial charge in [-0.25, -0.2) is 0 Å². The average Bonchev–Trinajstić information content (AvgIpc) is 3.46. The van der Waals surface area contributed by atoms with Crippen LogP contribution < -0.4 is 15.8 Å². The molecular weight excluding hydrogens is 430 g/mol. The summed E-state index contributed by atoms with van der Waals surface area (Å²) in [7, 11) is 0. The SMILES string of the molecule is CC[C@H](NC(=O)[C@@H](N)CC)C(=O)N1C[C@@H](Oc2ccccc2)C[C@H]1Cc1coc2ccccc12. The summed E-state index contributed by atoms with van der Waals surface area (Å²) in [5, 5.41) is 3.91. The van der Waals surface area contributed by atoms with Crippen LogP contribution >= 0.6 is 0 Å². The molecule has 34 heavy (non-hydrogen) atoms. The van der Waals surface area contributed by atoms with E-state index < -0.39 is 12.1 Å². The third-order valence-electron chi connectivity index (χ3n) is 6.52. The third kappa shape index (κ3) is 5.25. The van der Waals surface area contributed by atoms with E-state index in [1.54, 1.807) is 6.26 Å². The Balaban J connectivity index is 1.55. The Bertz CT molecular complexity index is 1110. The highest BCUT2D eigenvalue weighted by Crippen LogP contribution is 2.29. The van der Waals surface area contributed by atoms with Gasteiger partial charge in [-0.3, -0.25) is 9.59 Å². The van der Waals surface area contributed by atoms with Gasteiger partial charge >= 0.3 is 0 Å². The van der Waals surface area contributed by atoms with Crippen LogP contribution in [0.25, 0.3) is 11.0 Å². The third-order valence-corrected chi connectivity index (χ3v) is 6.52. The van der Waals surface area contributed by atoms with Crippen LogP contribution in [-0.2, 0) is 16.0 Å². The minimum Gasteiger partial charge on any atom is -0.489 e. The van der Waals surface area contributed by atoms with Crippen molar-refractivity contribution in [2.45, 2.75) is 63.8 Å². The molecule has 180 valence electrons. The first-order valence-electron chi connectivity index (χ1n) is 12.0. The molecule has 1 saturated heterocycles. The highest BCUT2D eigenvalue weighted by Gasteiger charge is 2.39. The number of likely N-dealkylation sites (tertiary alicyclic amines) is 1. The number of nitrogens with zero attached hydrogens (tertiary/aromatic N) is 1. The lowest BCUT2D eigenvalue weighted by Gasteiger charge is -2.29. The maximum Gasteiger partial charge on any atom is 0.245 e. The molecule has 2 heterocycles. The predicted octanol–water partition coefficient (Wildman–Crippen LogP) is 3.66. The molecule has 3 aromatic rings. The topological polar surface area (TPSA) is 97.8 Å². The van der Waals surface area contributed by atoms with Crippen molar-refractivity contribution in [1.82, 2.24) is 10.2 Å². The molecule has 0 radical (unpaired) electrons. The molecule has 0 aliphatic carbocycles. The number of benzene rings is 2. The van der Waals surface area contributed by atoms with Gasteiger partial charge < -0.3 is 25.1 Å². The Morgan fingerprint density at radius 1 is 1.12 bits per heavy atom. The molecule has 1 aliphatic rings. The molecule has 7 nitrogen and oxygen atoms in total. The van der Waals surface area contributed by atoms with E-state index in [0.29, 0.717) is 32.2 Å². The molecule has 4 rings (SSSR count). The van der Waals surface area contributed by atoms with E-state index in [9.17, 15) is 9.59 Å². The average molecular weight is 464 g/mol. The number of furan rings is 1. The fraction of sp³-hybridized carbons (Fsp3) is 0.407. The Kier molecular flexibility index (Phi) is 7.53. The van der Waals surface area contributed by atoms with Crippen molar-refractivity contribution < 1.29 is 18.7 Å². The number of hydrogen-bond donors (Lipinski definition) is 2. The summed E-state index contributed by atoms with van der Waals surface area (Å²) < 4.78 is 11.9. The number of hydrogen-bond acceptors (Lipinski definition) is 5. The maximum absolute atomic E-state index is 13.6. The molecule has 0 spiro atoms. The molecule has 0 saturated carbocycles. The van der Waals surface area contributed by atoms with Crippen molar-refractivity contribution in [3.05, 3.63) is 66.4 Å². The first kappa shape index (κ1) is 23.8. The molecular formula is C27H33N3O4. The van der Waals surface area contributed by atoms with Gasteiger partial charge in [0.25, 0.3) is 0 Å². The minimum atomic E-state index is -0.623. The second kappa shape index (κ2) is 10.7. The fourth-order valence-corrected chi connectivity index (χ4v) is 4.56. The zero-order valence-electron chi connectivity index (χ0n) is 19.8. The van der Waals surface area contributed by atoms with Crippen LogP contribution in [0.3, 0.4) is 0 Å². The van der Waals surface area contributed by atoms with Crippen LogP contribution in [0.4, 0.5) is 0 Å². The Labute approximate surface area is 200 Å². The highest BCUT2D eigenvalue weighted by molar-refractivity contribution is 5.90. The second-order valence-electron chi connectivity index (χ2n) is 8.88. The number of carbonyl (C=O) groups excluding carboxylic acids is 2. The van der Waals surface area contributed by atoms with Crippen LogP contribution in [-0.4, -0.2) is 47.5 Å². The normalized spacial score (nSPS) is 19.7. The van der Waals surface area contributed by atoms with E-state index in [1.165, 1.54) is 0 Å². The van der Waals surface area contributed by atoms with Crippen molar-refractivity contribution in [2.75, 3.05) is 6.54 Å². The van der Waals surface area contributed by atoms with E-state index in [2.05, 4.69) is 5.32 Å². The van der Waals surface area contributed by atoms with Crippen LogP contribution in [0, 0.1) is 0 Å². The van der Waals surface area contributed by atoms with Crippen LogP contribution in [0.2, 0.25) is 0 Å². The smallest absolute Gasteiger partial charge is 0.245 e. The molecule has 4 atom stereocenters. The lowest BCUT2D eigenvalue weighted by molar-refractivity contribution is -0.137. The molecule has 3 N–H and O–H groups in total. The molecule has 0 bridgehead atoms. The summed E-state index contributed by atoms with van der Waals surface area (Å²) in [4.78, 5) is 27.9. The van der Waals surface area contributed by atoms with Gasteiger partial charge in [0.15, 0.2) is 0 Å². The van der Waals surface area contributed by atoms with Crippen LogP contribution in [0.5, 0.6) is 5.75 Å². The van der Waals surface area contributed by atoms with E-state index in [1.807, 2.05) is 73.3 Å². The number of amides is 2. The van der Waals surface area contributed by atoms with Crippen molar-refractivity contribution in [3.63, 3.8) is 0 Å². The quantitative estimate of drug-likeness (QED) is 0.505. The first-order valence-corrected chi connectivity index (χ1v) is 12.0. The number of fused-ring (bicyclic) bond motifs is 1. The number of nitrogens with two attached hydrogens (primary N) is 1. The first-order chi connectivity index (χ1) is 16.5. The van der Waals surface area contributed by atoms with Gasteiger partial charge in [-0.15, -0.1) is 0 Å². The van der Waals surface area contributed by atoms with Gasteiger partial charge in [-0.1, -0.05) is 50.2 Å². The number of para-hydroxylation sites is 2. The summed E-state index contributed by atoms with van der Waals surface area (Å²) in [6.45, 7) is 4.21. The van der Waals surface area contributed by atoms with E-state index in [0.717, 1.165) is 22.3 Å². The Morgan fingerprint density at radius 2 is 1.85 bits per heavy atom. The van der Waals surface area contributed by atoms with Crippen LogP contribution in [0.1, 0.15) is 38.7 Å². The van der Waals surface area contributed by atoms with Gasteiger partial charge in [-0.2, -0.15) is 0 Å². The Hall–Kier alpha value is -3.32. The highest BCUT2D eigenvalue weighted by atomic mass is 16.5. The van der Waals surface area contributed by atoms with Crippen molar-refractivity contribution in [3.8, 4) is 5.75 Å². The molecule has 7 heteroatoms. The molecule has 2 aromatic carbocycles. The molecule has 2 amide bonds. The fourth-order valence-electron chi connectivity index (χ4n) is 4.56. The van der Waals surface area contributed by atoms with Crippen LogP contribution in [0.15, 0.2) is 65.3 Å². The summed E-state index contributed by atoms with van der Waals surface area (Å²) in [6.07, 6.45) is 3.99. The summed E-state index contributed by atoms with van der Waals surface area (Å²) in [6, 6.07) is 16.2. The number of nitrogens with one attached hydrogen (secondary N) is 1. The lowest BCUT2D eigenvalue weighted by Crippen LogP contribution is -2.53. The largest absolute Gasteiger partial charge is 0.489 e. The lowest BCUT2D eigenvalue weighted by atomic mass is 10.0. The van der Waals surface area contributed by atoms with E-state index in [4.69, 9.17) is 14.9 Å². The predicted molar refractivity (Wildman–Crippen MR) is 131 cm³/mol. The van der Waals surface area contributed by atoms with Gasteiger partial charge in [0, 0.05) is 23.4 Å². The van der Waals surface area contributed by atoms with Crippen molar-refractivity contribution in [1.29, 1.82) is 0 Å². The second-order valence-corrected chi connectivity index (χ2v) is 8.88. The minimum absolute atomic E-state index is 0.0759. The molecule has 0 unspecified atom stereocenters. The van der Waals surface area contributed by atoms with Gasteiger partial charge in [0.2, 0.25) is 11.8 Å². The zero-order chi connectivity index (χ0) is 24.1. The van der Waals surface area contributed by atoms with E-state index >= 15 is 0 Å². The Morgan fingerprint density at radius 3 is 2.59 bits per heavy atom. The zero-order valence-corrected chi connectivity index (χ0v) is 19.8. The van der Waals surface area contributed by atoms with Gasteiger partial charge in [0.1, 0.15) is 23.5 Å². The summed E-state index contributed by atoms with van der Waals surface area (Å²) in [5.41, 5.74) is 7.77. The summed E-state index contributed by atoms with van der Waals surface area (Å²) >= 11 is 0. The summed E-state index contributed by atoms with van der Waals surface area (Å²) in [5.74, 6) is 0.385. The molecule has 1 aliphatic heterocycles. The molecule has 1 fully saturated rings. The maximum atomic E-state index is 13.6. The van der Waals surface area contributed by atoms with Gasteiger partial charge in [-0.05, 0) is 37.5 Å². The number of ether oxygens (including phenoxy) is 1. The standard InChI is InChI=1S/C27H33N3O4/c1-3-23(28)26(31)29-24(4-2)27(32)30-16-21(34-20-10-6-5-7-11-20)15-19(30)14-18-17-33-25-13-9-8-12-22(18)25/h5-13,17,19,21,23-24H,3-4,14-16,28H2,1-2H3,(H,29,31)/t19-,21+,23+,24+/m1/s1.